The first-order valence-corrected chi connectivity index (χ1v) is 10.2. The SMILES string of the molecule is Cc1cc(NC(=O)CSc2nc(Cc3cccs3)nc3ccccc23)no1. The van der Waals surface area contributed by atoms with Crippen molar-refractivity contribution in [2.45, 2.75) is 18.4 Å². The second-order valence-electron chi connectivity index (χ2n) is 5.88. The van der Waals surface area contributed by atoms with Crippen molar-refractivity contribution in [3.05, 3.63) is 64.3 Å². The van der Waals surface area contributed by atoms with Gasteiger partial charge in [0.05, 0.1) is 11.3 Å². The van der Waals surface area contributed by atoms with Crippen molar-refractivity contribution in [1.29, 1.82) is 0 Å². The fourth-order valence-electron chi connectivity index (χ4n) is 2.59. The average Bonchev–Trinajstić information content (AvgIpc) is 3.31. The third-order valence-electron chi connectivity index (χ3n) is 3.76. The molecule has 0 unspecified atom stereocenters. The van der Waals surface area contributed by atoms with Crippen LogP contribution in [0.5, 0.6) is 0 Å². The van der Waals surface area contributed by atoms with Crippen LogP contribution in [0.15, 0.2) is 57.4 Å². The lowest BCUT2D eigenvalue weighted by Crippen LogP contribution is -2.14. The van der Waals surface area contributed by atoms with E-state index in [4.69, 9.17) is 9.51 Å². The van der Waals surface area contributed by atoms with E-state index in [1.54, 1.807) is 24.3 Å². The van der Waals surface area contributed by atoms with Crippen LogP contribution in [-0.4, -0.2) is 26.8 Å². The van der Waals surface area contributed by atoms with E-state index in [-0.39, 0.29) is 11.7 Å². The topological polar surface area (TPSA) is 80.9 Å². The second kappa shape index (κ2) is 7.89. The van der Waals surface area contributed by atoms with Crippen LogP contribution in [-0.2, 0) is 11.2 Å². The predicted octanol–water partition coefficient (Wildman–Crippen LogP) is 4.31. The number of anilines is 1. The van der Waals surface area contributed by atoms with Gasteiger partial charge in [0.15, 0.2) is 5.82 Å². The molecule has 0 bridgehead atoms. The number of thiophene rings is 1. The summed E-state index contributed by atoms with van der Waals surface area (Å²) in [6, 6.07) is 13.6. The third-order valence-corrected chi connectivity index (χ3v) is 5.63. The molecule has 3 aromatic heterocycles. The van der Waals surface area contributed by atoms with Gasteiger partial charge in [0, 0.05) is 22.8 Å². The number of hydrogen-bond donors (Lipinski definition) is 1. The number of benzene rings is 1. The molecule has 3 heterocycles. The van der Waals surface area contributed by atoms with Crippen LogP contribution in [0, 0.1) is 6.92 Å². The number of aromatic nitrogens is 3. The first-order valence-electron chi connectivity index (χ1n) is 8.31. The Balaban J connectivity index is 1.53. The molecule has 1 N–H and O–H groups in total. The van der Waals surface area contributed by atoms with E-state index < -0.39 is 0 Å². The number of carbonyl (C=O) groups is 1. The van der Waals surface area contributed by atoms with Crippen LogP contribution in [0.1, 0.15) is 16.5 Å². The second-order valence-corrected chi connectivity index (χ2v) is 7.87. The molecule has 0 aliphatic rings. The summed E-state index contributed by atoms with van der Waals surface area (Å²) in [5, 5.41) is 10.3. The van der Waals surface area contributed by atoms with E-state index >= 15 is 0 Å². The first-order chi connectivity index (χ1) is 13.2. The first kappa shape index (κ1) is 17.7. The summed E-state index contributed by atoms with van der Waals surface area (Å²) in [6.45, 7) is 1.78. The molecule has 27 heavy (non-hydrogen) atoms. The molecular formula is C19H16N4O2S2. The van der Waals surface area contributed by atoms with E-state index in [0.29, 0.717) is 18.0 Å². The third kappa shape index (κ3) is 4.35. The highest BCUT2D eigenvalue weighted by Crippen LogP contribution is 2.26. The zero-order valence-electron chi connectivity index (χ0n) is 14.5. The predicted molar refractivity (Wildman–Crippen MR) is 107 cm³/mol. The Kier molecular flexibility index (Phi) is 5.17. The highest BCUT2D eigenvalue weighted by molar-refractivity contribution is 8.00. The van der Waals surface area contributed by atoms with Gasteiger partial charge in [0.1, 0.15) is 16.6 Å². The minimum absolute atomic E-state index is 0.157. The van der Waals surface area contributed by atoms with E-state index in [1.165, 1.54) is 16.6 Å². The molecule has 0 saturated heterocycles. The standard InChI is InChI=1S/C19H16N4O2S2/c1-12-9-17(23-25-12)21-18(24)11-27-19-14-6-2-3-7-15(14)20-16(22-19)10-13-5-4-8-26-13/h2-9H,10-11H2,1H3,(H,21,23,24). The van der Waals surface area contributed by atoms with Gasteiger partial charge in [-0.15, -0.1) is 11.3 Å². The fourth-order valence-corrected chi connectivity index (χ4v) is 4.13. The normalized spacial score (nSPS) is 11.0. The maximum absolute atomic E-state index is 12.2. The number of para-hydroxylation sites is 1. The molecule has 0 fully saturated rings. The number of amides is 1. The van der Waals surface area contributed by atoms with Crippen LogP contribution in [0.4, 0.5) is 5.82 Å². The lowest BCUT2D eigenvalue weighted by atomic mass is 10.2. The monoisotopic (exact) mass is 396 g/mol. The molecule has 0 atom stereocenters. The van der Waals surface area contributed by atoms with E-state index in [1.807, 2.05) is 35.7 Å². The van der Waals surface area contributed by atoms with Gasteiger partial charge >= 0.3 is 0 Å². The van der Waals surface area contributed by atoms with Crippen molar-refractivity contribution in [3.8, 4) is 0 Å². The quantitative estimate of drug-likeness (QED) is 0.386. The van der Waals surface area contributed by atoms with Crippen molar-refractivity contribution in [2.75, 3.05) is 11.1 Å². The molecule has 0 spiro atoms. The number of hydrogen-bond acceptors (Lipinski definition) is 7. The Labute approximate surface area is 164 Å². The highest BCUT2D eigenvalue weighted by Gasteiger charge is 2.12. The number of carbonyl (C=O) groups excluding carboxylic acids is 1. The van der Waals surface area contributed by atoms with Crippen LogP contribution < -0.4 is 5.32 Å². The van der Waals surface area contributed by atoms with Gasteiger partial charge < -0.3 is 9.84 Å². The Morgan fingerprint density at radius 2 is 2.11 bits per heavy atom. The van der Waals surface area contributed by atoms with Gasteiger partial charge in [-0.25, -0.2) is 9.97 Å². The Hall–Kier alpha value is -2.71. The van der Waals surface area contributed by atoms with Crippen LogP contribution in [0.25, 0.3) is 10.9 Å². The lowest BCUT2D eigenvalue weighted by Gasteiger charge is -2.08. The molecule has 1 aromatic carbocycles. The number of fused-ring (bicyclic) bond motifs is 1. The van der Waals surface area contributed by atoms with Gasteiger partial charge in [-0.1, -0.05) is 41.2 Å². The molecular weight excluding hydrogens is 380 g/mol. The Bertz CT molecular complexity index is 1080. The number of rotatable bonds is 6. The zero-order valence-corrected chi connectivity index (χ0v) is 16.1. The van der Waals surface area contributed by atoms with Crippen molar-refractivity contribution < 1.29 is 9.32 Å². The van der Waals surface area contributed by atoms with Crippen LogP contribution in [0.2, 0.25) is 0 Å². The van der Waals surface area contributed by atoms with Crippen molar-refractivity contribution in [2.24, 2.45) is 0 Å². The summed E-state index contributed by atoms with van der Waals surface area (Å²) >= 11 is 3.08. The summed E-state index contributed by atoms with van der Waals surface area (Å²) in [5.74, 6) is 1.90. The van der Waals surface area contributed by atoms with E-state index in [0.717, 1.165) is 21.8 Å². The number of nitrogens with zero attached hydrogens (tertiary/aromatic N) is 3. The number of thioether (sulfide) groups is 1. The van der Waals surface area contributed by atoms with Gasteiger partial charge in [-0.05, 0) is 24.4 Å². The number of aryl methyl sites for hydroxylation is 1. The minimum Gasteiger partial charge on any atom is -0.360 e. The molecule has 1 amide bonds. The Morgan fingerprint density at radius 1 is 1.22 bits per heavy atom. The average molecular weight is 396 g/mol. The van der Waals surface area contributed by atoms with Gasteiger partial charge in [-0.3, -0.25) is 4.79 Å². The molecule has 0 aliphatic carbocycles. The zero-order chi connectivity index (χ0) is 18.6. The minimum atomic E-state index is -0.157. The summed E-state index contributed by atoms with van der Waals surface area (Å²) < 4.78 is 4.96. The maximum Gasteiger partial charge on any atom is 0.236 e. The van der Waals surface area contributed by atoms with Crippen LogP contribution in [0.3, 0.4) is 0 Å². The molecule has 136 valence electrons. The van der Waals surface area contributed by atoms with Crippen molar-refractivity contribution in [1.82, 2.24) is 15.1 Å². The summed E-state index contributed by atoms with van der Waals surface area (Å²) in [4.78, 5) is 22.8. The van der Waals surface area contributed by atoms with Gasteiger partial charge in [-0.2, -0.15) is 0 Å². The van der Waals surface area contributed by atoms with Gasteiger partial charge in [0.2, 0.25) is 5.91 Å². The van der Waals surface area contributed by atoms with Crippen molar-refractivity contribution >= 4 is 45.7 Å². The maximum atomic E-state index is 12.2. The molecule has 0 radical (unpaired) electrons. The largest absolute Gasteiger partial charge is 0.360 e. The number of nitrogens with one attached hydrogen (secondary N) is 1. The van der Waals surface area contributed by atoms with Crippen LogP contribution >= 0.6 is 23.1 Å². The molecule has 0 aliphatic heterocycles. The van der Waals surface area contributed by atoms with E-state index in [9.17, 15) is 4.79 Å². The smallest absolute Gasteiger partial charge is 0.236 e. The summed E-state index contributed by atoms with van der Waals surface area (Å²) in [6.07, 6.45) is 0.681. The molecule has 4 rings (SSSR count). The van der Waals surface area contributed by atoms with Crippen molar-refractivity contribution in [3.63, 3.8) is 0 Å². The highest BCUT2D eigenvalue weighted by atomic mass is 32.2. The molecule has 8 heteroatoms. The molecule has 0 saturated carbocycles. The summed E-state index contributed by atoms with van der Waals surface area (Å²) in [7, 11) is 0. The van der Waals surface area contributed by atoms with Gasteiger partial charge in [0.25, 0.3) is 0 Å². The Morgan fingerprint density at radius 3 is 2.89 bits per heavy atom. The van der Waals surface area contributed by atoms with E-state index in [2.05, 4.69) is 21.5 Å². The summed E-state index contributed by atoms with van der Waals surface area (Å²) in [5.41, 5.74) is 0.883. The molecule has 6 nitrogen and oxygen atoms in total. The fraction of sp³-hybridized carbons (Fsp3) is 0.158. The molecule has 4 aromatic rings. The lowest BCUT2D eigenvalue weighted by molar-refractivity contribution is -0.113.